The number of hydrogen-bond acceptors (Lipinski definition) is 3. The molecule has 0 rings (SSSR count). The minimum atomic E-state index is -4.25. The molecule has 0 amide bonds. The van der Waals surface area contributed by atoms with Gasteiger partial charge in [-0.25, -0.2) is 0 Å². The number of hydrogen-bond donors (Lipinski definition) is 1. The van der Waals surface area contributed by atoms with Crippen molar-refractivity contribution in [2.45, 2.75) is 25.6 Å². The van der Waals surface area contributed by atoms with Crippen LogP contribution in [0.4, 0.5) is 13.2 Å². The van der Waals surface area contributed by atoms with Gasteiger partial charge in [0.2, 0.25) is 0 Å². The van der Waals surface area contributed by atoms with Crippen LogP contribution >= 0.6 is 0 Å². The predicted molar refractivity (Wildman–Crippen MR) is 50.7 cm³/mol. The van der Waals surface area contributed by atoms with E-state index in [9.17, 15) is 13.2 Å². The molecule has 0 aromatic rings. The van der Waals surface area contributed by atoms with Gasteiger partial charge in [0.1, 0.15) is 6.61 Å². The molecular formula is C9H18F3NO2. The smallest absolute Gasteiger partial charge is 0.395 e. The van der Waals surface area contributed by atoms with Gasteiger partial charge in [-0.3, -0.25) is 0 Å². The fourth-order valence-corrected chi connectivity index (χ4v) is 0.964. The van der Waals surface area contributed by atoms with Crippen LogP contribution in [-0.2, 0) is 4.74 Å². The van der Waals surface area contributed by atoms with Gasteiger partial charge < -0.3 is 14.7 Å². The Morgan fingerprint density at radius 3 is 2.47 bits per heavy atom. The highest BCUT2D eigenvalue weighted by Crippen LogP contribution is 2.14. The van der Waals surface area contributed by atoms with Crippen LogP contribution in [0.25, 0.3) is 0 Å². The monoisotopic (exact) mass is 229 g/mol. The maximum Gasteiger partial charge on any atom is 0.411 e. The van der Waals surface area contributed by atoms with E-state index in [4.69, 9.17) is 5.11 Å². The van der Waals surface area contributed by atoms with Gasteiger partial charge >= 0.3 is 6.18 Å². The molecule has 1 atom stereocenters. The summed E-state index contributed by atoms with van der Waals surface area (Å²) in [6.45, 7) is 1.39. The van der Waals surface area contributed by atoms with E-state index in [-0.39, 0.29) is 19.3 Å². The molecule has 0 saturated heterocycles. The molecule has 1 N–H and O–H groups in total. The van der Waals surface area contributed by atoms with Crippen molar-refractivity contribution in [3.63, 3.8) is 0 Å². The minimum absolute atomic E-state index is 0.0209. The van der Waals surface area contributed by atoms with Gasteiger partial charge in [-0.05, 0) is 20.4 Å². The van der Waals surface area contributed by atoms with Crippen LogP contribution in [0.1, 0.15) is 13.3 Å². The number of halogens is 3. The van der Waals surface area contributed by atoms with Gasteiger partial charge in [-0.2, -0.15) is 13.2 Å². The number of nitrogens with zero attached hydrogens (tertiary/aromatic N) is 1. The van der Waals surface area contributed by atoms with Gasteiger partial charge in [0.05, 0.1) is 6.61 Å². The zero-order valence-electron chi connectivity index (χ0n) is 9.05. The number of ether oxygens (including phenoxy) is 1. The Hall–Kier alpha value is -0.330. The molecule has 0 aliphatic heterocycles. The van der Waals surface area contributed by atoms with Gasteiger partial charge in [-0.15, -0.1) is 0 Å². The van der Waals surface area contributed by atoms with E-state index >= 15 is 0 Å². The summed E-state index contributed by atoms with van der Waals surface area (Å²) in [5, 5.41) is 8.79. The fourth-order valence-electron chi connectivity index (χ4n) is 0.964. The molecule has 0 aliphatic rings. The maximum absolute atomic E-state index is 11.7. The van der Waals surface area contributed by atoms with Gasteiger partial charge in [-0.1, -0.05) is 0 Å². The number of aliphatic hydroxyl groups excluding tert-OH is 1. The van der Waals surface area contributed by atoms with E-state index in [2.05, 4.69) is 4.74 Å². The summed E-state index contributed by atoms with van der Waals surface area (Å²) in [6, 6.07) is 0.0209. The summed E-state index contributed by atoms with van der Waals surface area (Å²) in [7, 11) is 1.81. The lowest BCUT2D eigenvalue weighted by Gasteiger charge is -2.22. The second-order valence-corrected chi connectivity index (χ2v) is 3.53. The zero-order valence-corrected chi connectivity index (χ0v) is 9.05. The third-order valence-electron chi connectivity index (χ3n) is 2.08. The predicted octanol–water partition coefficient (Wildman–Crippen LogP) is 1.27. The highest BCUT2D eigenvalue weighted by atomic mass is 19.4. The molecule has 0 bridgehead atoms. The summed E-state index contributed by atoms with van der Waals surface area (Å²) in [5.41, 5.74) is 0. The third-order valence-corrected chi connectivity index (χ3v) is 2.08. The molecule has 92 valence electrons. The first kappa shape index (κ1) is 14.7. The van der Waals surface area contributed by atoms with Crippen LogP contribution in [-0.4, -0.2) is 55.6 Å². The molecule has 0 aliphatic carbocycles. The molecule has 0 spiro atoms. The van der Waals surface area contributed by atoms with Crippen LogP contribution in [0.2, 0.25) is 0 Å². The molecule has 0 aromatic heterocycles. The molecule has 15 heavy (non-hydrogen) atoms. The van der Waals surface area contributed by atoms with Crippen LogP contribution in [0, 0.1) is 0 Å². The number of alkyl halides is 3. The molecule has 0 saturated carbocycles. The lowest BCUT2D eigenvalue weighted by Crippen LogP contribution is -2.33. The molecule has 0 radical (unpaired) electrons. The fraction of sp³-hybridized carbons (Fsp3) is 1.00. The second kappa shape index (κ2) is 7.03. The molecule has 0 aromatic carbocycles. The number of aliphatic hydroxyl groups is 1. The van der Waals surface area contributed by atoms with E-state index in [0.717, 1.165) is 0 Å². The number of rotatable bonds is 7. The molecule has 0 fully saturated rings. The topological polar surface area (TPSA) is 32.7 Å². The van der Waals surface area contributed by atoms with Crippen molar-refractivity contribution in [2.24, 2.45) is 0 Å². The molecule has 0 heterocycles. The molecule has 3 nitrogen and oxygen atoms in total. The Bertz CT molecular complexity index is 164. The average molecular weight is 229 g/mol. The zero-order chi connectivity index (χ0) is 11.9. The van der Waals surface area contributed by atoms with Crippen molar-refractivity contribution >= 4 is 0 Å². The van der Waals surface area contributed by atoms with E-state index in [1.54, 1.807) is 0 Å². The van der Waals surface area contributed by atoms with Crippen LogP contribution < -0.4 is 0 Å². The largest absolute Gasteiger partial charge is 0.411 e. The summed E-state index contributed by atoms with van der Waals surface area (Å²) in [5.74, 6) is 0. The maximum atomic E-state index is 11.7. The summed E-state index contributed by atoms with van der Waals surface area (Å²) in [4.78, 5) is 1.87. The highest BCUT2D eigenvalue weighted by molar-refractivity contribution is 4.60. The summed E-state index contributed by atoms with van der Waals surface area (Å²) >= 11 is 0. The summed E-state index contributed by atoms with van der Waals surface area (Å²) in [6.07, 6.45) is -3.72. The van der Waals surface area contributed by atoms with Crippen molar-refractivity contribution in [1.29, 1.82) is 0 Å². The molecule has 6 heteroatoms. The van der Waals surface area contributed by atoms with Gasteiger partial charge in [0, 0.05) is 19.2 Å². The average Bonchev–Trinajstić information content (AvgIpc) is 2.14. The van der Waals surface area contributed by atoms with Gasteiger partial charge in [0.15, 0.2) is 0 Å². The Labute approximate surface area is 87.8 Å². The lowest BCUT2D eigenvalue weighted by molar-refractivity contribution is -0.174. The van der Waals surface area contributed by atoms with E-state index in [0.29, 0.717) is 13.0 Å². The Morgan fingerprint density at radius 2 is 2.00 bits per heavy atom. The van der Waals surface area contributed by atoms with Crippen LogP contribution in [0.3, 0.4) is 0 Å². The standard InChI is InChI=1S/C9H18F3NO2/c1-8(6-14)13(2)4-3-5-15-7-9(10,11)12/h8,14H,3-7H2,1-2H3. The second-order valence-electron chi connectivity index (χ2n) is 3.53. The van der Waals surface area contributed by atoms with Crippen LogP contribution in [0.5, 0.6) is 0 Å². The first-order chi connectivity index (χ1) is 6.87. The molecule has 1 unspecified atom stereocenters. The quantitative estimate of drug-likeness (QED) is 0.667. The number of likely N-dealkylation sites (N-methyl/N-ethyl adjacent to an activating group) is 1. The first-order valence-electron chi connectivity index (χ1n) is 4.82. The van der Waals surface area contributed by atoms with Crippen molar-refractivity contribution in [3.8, 4) is 0 Å². The van der Waals surface area contributed by atoms with Crippen molar-refractivity contribution in [3.05, 3.63) is 0 Å². The summed E-state index contributed by atoms with van der Waals surface area (Å²) < 4.78 is 39.4. The lowest BCUT2D eigenvalue weighted by atomic mass is 10.3. The van der Waals surface area contributed by atoms with E-state index < -0.39 is 12.8 Å². The Balaban J connectivity index is 3.39. The normalized spacial score (nSPS) is 14.6. The molecular weight excluding hydrogens is 211 g/mol. The van der Waals surface area contributed by atoms with Crippen molar-refractivity contribution in [2.75, 3.05) is 33.4 Å². The first-order valence-corrected chi connectivity index (χ1v) is 4.82. The van der Waals surface area contributed by atoms with Crippen LogP contribution in [0.15, 0.2) is 0 Å². The van der Waals surface area contributed by atoms with Crippen molar-refractivity contribution < 1.29 is 23.0 Å². The van der Waals surface area contributed by atoms with Gasteiger partial charge in [0.25, 0.3) is 0 Å². The van der Waals surface area contributed by atoms with E-state index in [1.165, 1.54) is 0 Å². The van der Waals surface area contributed by atoms with Crippen molar-refractivity contribution in [1.82, 2.24) is 4.90 Å². The minimum Gasteiger partial charge on any atom is -0.395 e. The third kappa shape index (κ3) is 8.65. The Morgan fingerprint density at radius 1 is 1.40 bits per heavy atom. The highest BCUT2D eigenvalue weighted by Gasteiger charge is 2.27. The SMILES string of the molecule is CC(CO)N(C)CCCOCC(F)(F)F. The van der Waals surface area contributed by atoms with E-state index in [1.807, 2.05) is 18.9 Å². The Kier molecular flexibility index (Phi) is 6.87.